The fourth-order valence-corrected chi connectivity index (χ4v) is 3.54. The summed E-state index contributed by atoms with van der Waals surface area (Å²) in [5.74, 6) is -0.983. The number of nitrogens with one attached hydrogen (secondary N) is 1. The number of carbonyl (C=O) groups excluding carboxylic acids is 1. The van der Waals surface area contributed by atoms with Crippen LogP contribution in [0, 0.1) is 5.82 Å². The summed E-state index contributed by atoms with van der Waals surface area (Å²) >= 11 is 7.82. The van der Waals surface area contributed by atoms with Gasteiger partial charge in [-0.1, -0.05) is 41.9 Å². The van der Waals surface area contributed by atoms with Crippen LogP contribution in [0.2, 0.25) is 5.02 Å². The van der Waals surface area contributed by atoms with Crippen LogP contribution in [-0.4, -0.2) is 15.7 Å². The monoisotopic (exact) mass is 397 g/mol. The molecule has 134 valence electrons. The molecule has 0 spiro atoms. The molecule has 0 saturated heterocycles. The van der Waals surface area contributed by atoms with Crippen LogP contribution < -0.4 is 5.32 Å². The molecular formula is C20H13ClFN3OS. The van der Waals surface area contributed by atoms with Gasteiger partial charge in [-0.25, -0.2) is 9.07 Å². The SMILES string of the molecule is O=C(Nc1ccccc1F)c1cc(-c2cccs2)nn1-c1ccccc1Cl. The number of para-hydroxylation sites is 2. The van der Waals surface area contributed by atoms with Gasteiger partial charge in [-0.2, -0.15) is 5.10 Å². The zero-order chi connectivity index (χ0) is 18.8. The normalized spacial score (nSPS) is 10.7. The van der Waals surface area contributed by atoms with Crippen molar-refractivity contribution in [1.29, 1.82) is 0 Å². The summed E-state index contributed by atoms with van der Waals surface area (Å²) in [6.07, 6.45) is 0. The smallest absolute Gasteiger partial charge is 0.274 e. The number of amides is 1. The minimum absolute atomic E-state index is 0.104. The molecule has 0 fully saturated rings. The molecule has 4 rings (SSSR count). The third kappa shape index (κ3) is 3.49. The van der Waals surface area contributed by atoms with Gasteiger partial charge in [0.25, 0.3) is 5.91 Å². The van der Waals surface area contributed by atoms with Crippen molar-refractivity contribution in [1.82, 2.24) is 9.78 Å². The molecule has 0 saturated carbocycles. The fraction of sp³-hybridized carbons (Fsp3) is 0. The molecule has 0 aliphatic heterocycles. The molecule has 4 aromatic rings. The molecular weight excluding hydrogens is 385 g/mol. The van der Waals surface area contributed by atoms with Crippen LogP contribution in [0.5, 0.6) is 0 Å². The highest BCUT2D eigenvalue weighted by molar-refractivity contribution is 7.13. The first-order valence-corrected chi connectivity index (χ1v) is 9.34. The number of aromatic nitrogens is 2. The van der Waals surface area contributed by atoms with Gasteiger partial charge in [0.15, 0.2) is 0 Å². The maximum Gasteiger partial charge on any atom is 0.274 e. The van der Waals surface area contributed by atoms with Crippen molar-refractivity contribution < 1.29 is 9.18 Å². The zero-order valence-corrected chi connectivity index (χ0v) is 15.5. The van der Waals surface area contributed by atoms with Gasteiger partial charge >= 0.3 is 0 Å². The van der Waals surface area contributed by atoms with Gasteiger partial charge in [0.2, 0.25) is 0 Å². The van der Waals surface area contributed by atoms with E-state index in [1.54, 1.807) is 36.4 Å². The van der Waals surface area contributed by atoms with Gasteiger partial charge in [-0.3, -0.25) is 4.79 Å². The number of hydrogen-bond acceptors (Lipinski definition) is 3. The number of benzene rings is 2. The van der Waals surface area contributed by atoms with Crippen LogP contribution in [-0.2, 0) is 0 Å². The Morgan fingerprint density at radius 3 is 2.59 bits per heavy atom. The Hall–Kier alpha value is -2.96. The summed E-state index contributed by atoms with van der Waals surface area (Å²) in [5.41, 5.74) is 1.58. The molecule has 0 aliphatic carbocycles. The zero-order valence-electron chi connectivity index (χ0n) is 13.9. The van der Waals surface area contributed by atoms with E-state index in [4.69, 9.17) is 11.6 Å². The lowest BCUT2D eigenvalue weighted by atomic mass is 10.2. The van der Waals surface area contributed by atoms with E-state index in [0.29, 0.717) is 16.4 Å². The van der Waals surface area contributed by atoms with Crippen molar-refractivity contribution in [3.05, 3.63) is 88.6 Å². The maximum absolute atomic E-state index is 13.9. The molecule has 27 heavy (non-hydrogen) atoms. The second-order valence-electron chi connectivity index (χ2n) is 5.69. The van der Waals surface area contributed by atoms with Gasteiger partial charge < -0.3 is 5.32 Å². The first kappa shape index (κ1) is 17.5. The maximum atomic E-state index is 13.9. The highest BCUT2D eigenvalue weighted by Gasteiger charge is 2.20. The Kier molecular flexibility index (Phi) is 4.75. The first-order chi connectivity index (χ1) is 13.1. The highest BCUT2D eigenvalue weighted by atomic mass is 35.5. The summed E-state index contributed by atoms with van der Waals surface area (Å²) in [5, 5.41) is 9.55. The van der Waals surface area contributed by atoms with Crippen molar-refractivity contribution in [2.24, 2.45) is 0 Å². The number of halogens is 2. The molecule has 0 atom stereocenters. The predicted molar refractivity (Wildman–Crippen MR) is 106 cm³/mol. The number of thiophene rings is 1. The van der Waals surface area contributed by atoms with Gasteiger partial charge in [0.05, 0.1) is 21.3 Å². The van der Waals surface area contributed by atoms with E-state index >= 15 is 0 Å². The topological polar surface area (TPSA) is 46.9 Å². The van der Waals surface area contributed by atoms with Crippen LogP contribution in [0.25, 0.3) is 16.3 Å². The van der Waals surface area contributed by atoms with E-state index in [9.17, 15) is 9.18 Å². The minimum atomic E-state index is -0.506. The molecule has 4 nitrogen and oxygen atoms in total. The van der Waals surface area contributed by atoms with Crippen molar-refractivity contribution in [3.8, 4) is 16.3 Å². The predicted octanol–water partition coefficient (Wildman–Crippen LogP) is 5.65. The Balaban J connectivity index is 1.80. The van der Waals surface area contributed by atoms with Crippen LogP contribution in [0.1, 0.15) is 10.5 Å². The largest absolute Gasteiger partial charge is 0.318 e. The third-order valence-corrected chi connectivity index (χ3v) is 5.13. The van der Waals surface area contributed by atoms with Gasteiger partial charge in [-0.15, -0.1) is 11.3 Å². The van der Waals surface area contributed by atoms with Crippen LogP contribution in [0.3, 0.4) is 0 Å². The molecule has 0 unspecified atom stereocenters. The summed E-state index contributed by atoms with van der Waals surface area (Å²) in [6.45, 7) is 0. The molecule has 0 aliphatic rings. The van der Waals surface area contributed by atoms with E-state index in [1.165, 1.54) is 28.2 Å². The quantitative estimate of drug-likeness (QED) is 0.484. The lowest BCUT2D eigenvalue weighted by molar-refractivity contribution is 0.101. The van der Waals surface area contributed by atoms with Gasteiger partial charge in [0, 0.05) is 0 Å². The second-order valence-corrected chi connectivity index (χ2v) is 7.04. The van der Waals surface area contributed by atoms with Crippen molar-refractivity contribution in [2.75, 3.05) is 5.32 Å². The van der Waals surface area contributed by atoms with Gasteiger partial charge in [0.1, 0.15) is 17.2 Å². The fourth-order valence-electron chi connectivity index (χ4n) is 2.64. The van der Waals surface area contributed by atoms with E-state index in [0.717, 1.165) is 4.88 Å². The Bertz CT molecular complexity index is 1110. The molecule has 2 heterocycles. The second kappa shape index (κ2) is 7.34. The molecule has 0 bridgehead atoms. The average molecular weight is 398 g/mol. The molecule has 0 radical (unpaired) electrons. The van der Waals surface area contributed by atoms with Gasteiger partial charge in [-0.05, 0) is 41.8 Å². The molecule has 1 N–H and O–H groups in total. The first-order valence-electron chi connectivity index (χ1n) is 8.08. The molecule has 1 amide bonds. The van der Waals surface area contributed by atoms with Crippen LogP contribution >= 0.6 is 22.9 Å². The molecule has 7 heteroatoms. The number of anilines is 1. The number of nitrogens with zero attached hydrogens (tertiary/aromatic N) is 2. The van der Waals surface area contributed by atoms with E-state index in [2.05, 4.69) is 10.4 Å². The lowest BCUT2D eigenvalue weighted by Crippen LogP contribution is -2.17. The standard InChI is InChI=1S/C20H13ClFN3OS/c21-13-6-1-4-9-17(13)25-18(12-16(24-25)19-10-5-11-27-19)20(26)23-15-8-3-2-7-14(15)22/h1-12H,(H,23,26). The third-order valence-electron chi connectivity index (χ3n) is 3.92. The average Bonchev–Trinajstić information content (AvgIpc) is 3.33. The molecule has 2 aromatic carbocycles. The summed E-state index contributed by atoms with van der Waals surface area (Å²) in [7, 11) is 0. The minimum Gasteiger partial charge on any atom is -0.318 e. The number of rotatable bonds is 4. The highest BCUT2D eigenvalue weighted by Crippen LogP contribution is 2.28. The van der Waals surface area contributed by atoms with Crippen LogP contribution in [0.15, 0.2) is 72.1 Å². The Morgan fingerprint density at radius 2 is 1.85 bits per heavy atom. The number of hydrogen-bond donors (Lipinski definition) is 1. The van der Waals surface area contributed by atoms with Crippen LogP contribution in [0.4, 0.5) is 10.1 Å². The van der Waals surface area contributed by atoms with Crippen molar-refractivity contribution >= 4 is 34.5 Å². The summed E-state index contributed by atoms with van der Waals surface area (Å²) < 4.78 is 15.4. The van der Waals surface area contributed by atoms with Crippen molar-refractivity contribution in [3.63, 3.8) is 0 Å². The number of carbonyl (C=O) groups is 1. The van der Waals surface area contributed by atoms with E-state index < -0.39 is 11.7 Å². The summed E-state index contributed by atoms with van der Waals surface area (Å²) in [6, 6.07) is 18.6. The summed E-state index contributed by atoms with van der Waals surface area (Å²) in [4.78, 5) is 13.8. The Morgan fingerprint density at radius 1 is 1.07 bits per heavy atom. The van der Waals surface area contributed by atoms with E-state index in [-0.39, 0.29) is 11.4 Å². The molecule has 2 aromatic heterocycles. The lowest BCUT2D eigenvalue weighted by Gasteiger charge is -2.10. The Labute approximate surface area is 163 Å². The van der Waals surface area contributed by atoms with Crippen molar-refractivity contribution in [2.45, 2.75) is 0 Å². The van der Waals surface area contributed by atoms with E-state index in [1.807, 2.05) is 23.6 Å².